The molecule has 29 heavy (non-hydrogen) atoms. The van der Waals surface area contributed by atoms with E-state index in [-0.39, 0.29) is 16.1 Å². The number of nitrogen functional groups attached to an aromatic ring is 1. The Balaban J connectivity index is 1.72. The lowest BCUT2D eigenvalue weighted by Crippen LogP contribution is -2.47. The van der Waals surface area contributed by atoms with E-state index in [1.165, 1.54) is 22.3 Å². The van der Waals surface area contributed by atoms with Crippen molar-refractivity contribution in [1.82, 2.24) is 29.1 Å². The van der Waals surface area contributed by atoms with Crippen molar-refractivity contribution in [3.8, 4) is 0 Å². The molecule has 2 aromatic heterocycles. The number of rotatable bonds is 6. The zero-order valence-corrected chi connectivity index (χ0v) is 18.6. The molecule has 0 amide bonds. The van der Waals surface area contributed by atoms with Crippen molar-refractivity contribution in [1.29, 1.82) is 0 Å². The Hall–Kier alpha value is -2.02. The van der Waals surface area contributed by atoms with Gasteiger partial charge in [-0.1, -0.05) is 11.8 Å². The van der Waals surface area contributed by atoms with Crippen molar-refractivity contribution in [2.45, 2.75) is 22.1 Å². The number of thioether (sulfide) groups is 1. The molecule has 2 aromatic rings. The van der Waals surface area contributed by atoms with E-state index in [1.807, 2.05) is 28.1 Å². The Morgan fingerprint density at radius 3 is 2.41 bits per heavy atom. The highest BCUT2D eigenvalue weighted by Crippen LogP contribution is 2.33. The second-order valence-electron chi connectivity index (χ2n) is 7.05. The van der Waals surface area contributed by atoms with Gasteiger partial charge in [0, 0.05) is 46.5 Å². The van der Waals surface area contributed by atoms with E-state index in [9.17, 15) is 8.42 Å². The van der Waals surface area contributed by atoms with E-state index >= 15 is 0 Å². The second kappa shape index (κ2) is 8.78. The number of likely N-dealkylation sites (N-methyl/N-ethyl adjacent to an activating group) is 1. The number of nitrogens with zero attached hydrogens (tertiary/aromatic N) is 7. The number of hydrogen-bond donors (Lipinski definition) is 1. The summed E-state index contributed by atoms with van der Waals surface area (Å²) in [4.78, 5) is 21.1. The summed E-state index contributed by atoms with van der Waals surface area (Å²) in [6.45, 7) is 4.36. The van der Waals surface area contributed by atoms with Crippen LogP contribution in [0.5, 0.6) is 0 Å². The van der Waals surface area contributed by atoms with Gasteiger partial charge in [-0.3, -0.25) is 0 Å². The number of piperazine rings is 1. The van der Waals surface area contributed by atoms with Gasteiger partial charge in [0.15, 0.2) is 0 Å². The van der Waals surface area contributed by atoms with Crippen LogP contribution in [0.25, 0.3) is 0 Å². The van der Waals surface area contributed by atoms with Crippen molar-refractivity contribution >= 4 is 33.7 Å². The van der Waals surface area contributed by atoms with Crippen LogP contribution in [0, 0.1) is 0 Å². The van der Waals surface area contributed by atoms with Crippen molar-refractivity contribution in [3.63, 3.8) is 0 Å². The highest BCUT2D eigenvalue weighted by atomic mass is 32.2. The minimum Gasteiger partial charge on any atom is -0.368 e. The summed E-state index contributed by atoms with van der Waals surface area (Å²) < 4.78 is 27.1. The van der Waals surface area contributed by atoms with E-state index in [2.05, 4.69) is 24.8 Å². The topological polar surface area (TPSA) is 121 Å². The van der Waals surface area contributed by atoms with E-state index in [0.29, 0.717) is 29.9 Å². The third-order valence-electron chi connectivity index (χ3n) is 4.53. The molecule has 0 bridgehead atoms. The van der Waals surface area contributed by atoms with Crippen LogP contribution < -0.4 is 10.6 Å². The maximum Gasteiger partial charge on any atom is 0.244 e. The molecule has 10 nitrogen and oxygen atoms in total. The second-order valence-corrected chi connectivity index (χ2v) is 10.3. The molecule has 0 saturated carbocycles. The van der Waals surface area contributed by atoms with Gasteiger partial charge in [-0.25, -0.2) is 13.4 Å². The molecule has 1 atom stereocenters. The molecule has 0 aliphatic carbocycles. The molecule has 0 aromatic carbocycles. The Bertz CT molecular complexity index is 944. The van der Waals surface area contributed by atoms with Crippen molar-refractivity contribution < 1.29 is 8.42 Å². The smallest absolute Gasteiger partial charge is 0.244 e. The predicted octanol–water partition coefficient (Wildman–Crippen LogP) is 0.704. The molecule has 12 heteroatoms. The third-order valence-corrected chi connectivity index (χ3v) is 7.46. The van der Waals surface area contributed by atoms with E-state index in [0.717, 1.165) is 13.1 Å². The Morgan fingerprint density at radius 1 is 1.14 bits per heavy atom. The van der Waals surface area contributed by atoms with Crippen molar-refractivity contribution in [2.75, 3.05) is 58.0 Å². The molecule has 1 saturated heterocycles. The number of nitrogens with two attached hydrogens (primary N) is 1. The lowest BCUT2D eigenvalue weighted by molar-refractivity contribution is 0.222. The molecule has 0 radical (unpaired) electrons. The number of hydrogen-bond acceptors (Lipinski definition) is 10. The van der Waals surface area contributed by atoms with Crippen LogP contribution in [0.1, 0.15) is 18.0 Å². The molecule has 2 N–H and O–H groups in total. The summed E-state index contributed by atoms with van der Waals surface area (Å²) in [5.41, 5.74) is 5.79. The van der Waals surface area contributed by atoms with Gasteiger partial charge >= 0.3 is 0 Å². The minimum atomic E-state index is -3.52. The molecule has 1 aliphatic rings. The average Bonchev–Trinajstić information content (AvgIpc) is 2.68. The first-order valence-corrected chi connectivity index (χ1v) is 11.5. The molecule has 3 heterocycles. The van der Waals surface area contributed by atoms with E-state index in [4.69, 9.17) is 5.73 Å². The molecular weight excluding hydrogens is 412 g/mol. The van der Waals surface area contributed by atoms with Gasteiger partial charge in [-0.05, 0) is 26.1 Å². The van der Waals surface area contributed by atoms with Crippen LogP contribution in [-0.4, -0.2) is 84.9 Å². The summed E-state index contributed by atoms with van der Waals surface area (Å²) >= 11 is 1.43. The quantitative estimate of drug-likeness (QED) is 0.645. The molecule has 1 aliphatic heterocycles. The van der Waals surface area contributed by atoms with Gasteiger partial charge in [0.2, 0.25) is 21.9 Å². The highest BCUT2D eigenvalue weighted by Gasteiger charge is 2.27. The molecule has 3 rings (SSSR count). The molecule has 158 valence electrons. The summed E-state index contributed by atoms with van der Waals surface area (Å²) in [5, 5.41) is 0.548. The summed E-state index contributed by atoms with van der Waals surface area (Å²) in [5.74, 6) is 1.19. The molecule has 1 unspecified atom stereocenters. The first kappa shape index (κ1) is 21.7. The largest absolute Gasteiger partial charge is 0.368 e. The number of sulfonamides is 1. The predicted molar refractivity (Wildman–Crippen MR) is 113 cm³/mol. The first-order valence-electron chi connectivity index (χ1n) is 9.17. The van der Waals surface area contributed by atoms with Gasteiger partial charge in [0.25, 0.3) is 0 Å². The Morgan fingerprint density at radius 2 is 1.83 bits per heavy atom. The van der Waals surface area contributed by atoms with Crippen LogP contribution in [0.3, 0.4) is 0 Å². The van der Waals surface area contributed by atoms with Crippen LogP contribution >= 0.6 is 11.8 Å². The molecule has 0 spiro atoms. The lowest BCUT2D eigenvalue weighted by Gasteiger charge is -2.31. The zero-order valence-electron chi connectivity index (χ0n) is 17.0. The zero-order chi connectivity index (χ0) is 21.2. The number of anilines is 2. The van der Waals surface area contributed by atoms with Crippen molar-refractivity contribution in [3.05, 3.63) is 24.2 Å². The monoisotopic (exact) mass is 438 g/mol. The van der Waals surface area contributed by atoms with Gasteiger partial charge in [-0.15, -0.1) is 0 Å². The number of aromatic nitrogens is 4. The Labute approximate surface area is 175 Å². The number of pyridine rings is 1. The van der Waals surface area contributed by atoms with Gasteiger partial charge in [0.1, 0.15) is 10.7 Å². The van der Waals surface area contributed by atoms with Gasteiger partial charge in [0.05, 0.1) is 10.3 Å². The fourth-order valence-corrected chi connectivity index (χ4v) is 4.98. The lowest BCUT2D eigenvalue weighted by atomic mass is 10.4. The highest BCUT2D eigenvalue weighted by molar-refractivity contribution is 7.99. The van der Waals surface area contributed by atoms with E-state index in [1.54, 1.807) is 17.0 Å². The SMILES string of the molecule is CC(Sc1ccc(S(=O)(=O)N2CCN(C)CC2)cn1)c1nc(N)nc(N(C)C)n1. The average molecular weight is 439 g/mol. The maximum absolute atomic E-state index is 12.8. The molecule has 1 fully saturated rings. The summed E-state index contributed by atoms with van der Waals surface area (Å²) in [6.07, 6.45) is 1.41. The molecular formula is C17H26N8O2S2. The van der Waals surface area contributed by atoms with Crippen LogP contribution in [0.2, 0.25) is 0 Å². The minimum absolute atomic E-state index is 0.133. The van der Waals surface area contributed by atoms with Gasteiger partial charge in [-0.2, -0.15) is 19.3 Å². The summed E-state index contributed by atoms with van der Waals surface area (Å²) in [6, 6.07) is 3.31. The van der Waals surface area contributed by atoms with Crippen LogP contribution in [0.4, 0.5) is 11.9 Å². The fourth-order valence-electron chi connectivity index (χ4n) is 2.78. The standard InChI is InChI=1S/C17H26N8O2S2/c1-12(15-20-16(18)22-17(21-15)23(2)3)28-14-6-5-13(11-19-14)29(26,27)25-9-7-24(4)8-10-25/h5-6,11-12H,7-10H2,1-4H3,(H2,18,20,21,22). The summed E-state index contributed by atoms with van der Waals surface area (Å²) in [7, 11) is 2.12. The van der Waals surface area contributed by atoms with E-state index < -0.39 is 10.0 Å². The van der Waals surface area contributed by atoms with Crippen molar-refractivity contribution in [2.24, 2.45) is 0 Å². The normalized spacial score (nSPS) is 17.2. The van der Waals surface area contributed by atoms with Gasteiger partial charge < -0.3 is 15.5 Å². The first-order chi connectivity index (χ1) is 13.7. The van der Waals surface area contributed by atoms with Crippen LogP contribution in [-0.2, 0) is 10.0 Å². The fraction of sp³-hybridized carbons (Fsp3) is 0.529. The maximum atomic E-state index is 12.8. The van der Waals surface area contributed by atoms with Crippen LogP contribution in [0.15, 0.2) is 28.3 Å². The third kappa shape index (κ3) is 5.13. The Kier molecular flexibility index (Phi) is 6.56.